The number of nitrogens with zero attached hydrogens (tertiary/aromatic N) is 1. The monoisotopic (exact) mass is 286 g/mol. The molecule has 20 heavy (non-hydrogen) atoms. The van der Waals surface area contributed by atoms with Crippen LogP contribution in [0, 0.1) is 0 Å². The second kappa shape index (κ2) is 5.68. The Morgan fingerprint density at radius 2 is 2.00 bits per heavy atom. The first-order chi connectivity index (χ1) is 9.65. The molecule has 2 nitrogen and oxygen atoms in total. The first kappa shape index (κ1) is 13.8. The predicted molar refractivity (Wildman–Crippen MR) is 85.7 cm³/mol. The van der Waals surface area contributed by atoms with Crippen LogP contribution in [0.15, 0.2) is 47.2 Å². The lowest BCUT2D eigenvalue weighted by Gasteiger charge is -2.33. The molecule has 1 aliphatic carbocycles. The van der Waals surface area contributed by atoms with Crippen molar-refractivity contribution in [3.05, 3.63) is 58.3 Å². The maximum atomic E-state index is 6.59. The van der Waals surface area contributed by atoms with Gasteiger partial charge in [0.25, 0.3) is 0 Å². The van der Waals surface area contributed by atoms with Gasteiger partial charge < -0.3 is 5.73 Å². The quantitative estimate of drug-likeness (QED) is 0.879. The summed E-state index contributed by atoms with van der Waals surface area (Å²) in [7, 11) is 0. The van der Waals surface area contributed by atoms with Crippen LogP contribution in [-0.4, -0.2) is 17.5 Å². The van der Waals surface area contributed by atoms with Gasteiger partial charge in [-0.1, -0.05) is 30.3 Å². The van der Waals surface area contributed by atoms with Gasteiger partial charge in [-0.3, -0.25) is 4.90 Å². The van der Waals surface area contributed by atoms with E-state index in [4.69, 9.17) is 5.73 Å². The maximum Gasteiger partial charge on any atom is 0.0510 e. The van der Waals surface area contributed by atoms with Crippen LogP contribution < -0.4 is 5.73 Å². The molecule has 106 valence electrons. The minimum atomic E-state index is -0.292. The third-order valence-corrected chi connectivity index (χ3v) is 4.73. The molecule has 2 aromatic rings. The van der Waals surface area contributed by atoms with E-state index in [1.807, 2.05) is 6.07 Å². The zero-order chi connectivity index (χ0) is 14.0. The molecule has 0 aliphatic heterocycles. The third kappa shape index (κ3) is 3.29. The van der Waals surface area contributed by atoms with Crippen molar-refractivity contribution in [1.29, 1.82) is 0 Å². The Kier molecular flexibility index (Phi) is 3.92. The topological polar surface area (TPSA) is 29.3 Å². The number of hydrogen-bond donors (Lipinski definition) is 1. The normalized spacial score (nSPS) is 18.1. The molecule has 3 rings (SSSR count). The highest BCUT2D eigenvalue weighted by Crippen LogP contribution is 2.31. The fourth-order valence-electron chi connectivity index (χ4n) is 2.70. The van der Waals surface area contributed by atoms with E-state index in [0.717, 1.165) is 19.1 Å². The largest absolute Gasteiger partial charge is 0.321 e. The molecule has 0 bridgehead atoms. The molecule has 0 amide bonds. The second-order valence-corrected chi connectivity index (χ2v) is 6.83. The average Bonchev–Trinajstić information content (AvgIpc) is 3.18. The molecule has 3 heteroatoms. The number of benzene rings is 1. The highest BCUT2D eigenvalue weighted by molar-refractivity contribution is 7.07. The molecular weight excluding hydrogens is 264 g/mol. The molecule has 1 aromatic heterocycles. The summed E-state index contributed by atoms with van der Waals surface area (Å²) in [6.45, 7) is 4.08. The van der Waals surface area contributed by atoms with Crippen LogP contribution in [0.5, 0.6) is 0 Å². The summed E-state index contributed by atoms with van der Waals surface area (Å²) < 4.78 is 0. The predicted octanol–water partition coefficient (Wildman–Crippen LogP) is 3.59. The van der Waals surface area contributed by atoms with Crippen LogP contribution in [0.4, 0.5) is 0 Å². The molecule has 0 spiro atoms. The lowest BCUT2D eigenvalue weighted by Crippen LogP contribution is -2.45. The van der Waals surface area contributed by atoms with Crippen molar-refractivity contribution in [3.63, 3.8) is 0 Å². The van der Waals surface area contributed by atoms with E-state index in [9.17, 15) is 0 Å². The van der Waals surface area contributed by atoms with Crippen LogP contribution in [0.2, 0.25) is 0 Å². The van der Waals surface area contributed by atoms with Gasteiger partial charge in [-0.2, -0.15) is 11.3 Å². The van der Waals surface area contributed by atoms with Crippen molar-refractivity contribution in [2.45, 2.75) is 37.9 Å². The van der Waals surface area contributed by atoms with Crippen LogP contribution in [0.1, 0.15) is 30.9 Å². The van der Waals surface area contributed by atoms with E-state index in [2.05, 4.69) is 52.9 Å². The maximum absolute atomic E-state index is 6.59. The van der Waals surface area contributed by atoms with Crippen LogP contribution in [0.25, 0.3) is 0 Å². The average molecular weight is 286 g/mol. The minimum Gasteiger partial charge on any atom is -0.321 e. The van der Waals surface area contributed by atoms with Gasteiger partial charge in [0.05, 0.1) is 5.54 Å². The summed E-state index contributed by atoms with van der Waals surface area (Å²) in [6.07, 6.45) is 2.63. The summed E-state index contributed by atoms with van der Waals surface area (Å²) in [5, 5.41) is 4.39. The van der Waals surface area contributed by atoms with Gasteiger partial charge >= 0.3 is 0 Å². The van der Waals surface area contributed by atoms with E-state index in [1.54, 1.807) is 11.3 Å². The number of rotatable bonds is 6. The fraction of sp³-hybridized carbons (Fsp3) is 0.412. The van der Waals surface area contributed by atoms with Gasteiger partial charge in [0.1, 0.15) is 0 Å². The second-order valence-electron chi connectivity index (χ2n) is 6.05. The highest BCUT2D eigenvalue weighted by Gasteiger charge is 2.34. The van der Waals surface area contributed by atoms with Crippen molar-refractivity contribution in [2.75, 3.05) is 6.54 Å². The fourth-order valence-corrected chi connectivity index (χ4v) is 3.36. The van der Waals surface area contributed by atoms with Gasteiger partial charge in [0.2, 0.25) is 0 Å². The van der Waals surface area contributed by atoms with E-state index in [-0.39, 0.29) is 5.54 Å². The highest BCUT2D eigenvalue weighted by atomic mass is 32.1. The zero-order valence-corrected chi connectivity index (χ0v) is 12.8. The van der Waals surface area contributed by atoms with Gasteiger partial charge in [-0.25, -0.2) is 0 Å². The zero-order valence-electron chi connectivity index (χ0n) is 12.0. The molecule has 1 atom stereocenters. The van der Waals surface area contributed by atoms with Crippen molar-refractivity contribution in [1.82, 2.24) is 4.90 Å². The van der Waals surface area contributed by atoms with Gasteiger partial charge in [-0.05, 0) is 47.7 Å². The molecule has 1 fully saturated rings. The van der Waals surface area contributed by atoms with Crippen molar-refractivity contribution < 1.29 is 0 Å². The molecule has 1 saturated carbocycles. The smallest absolute Gasteiger partial charge is 0.0510 e. The van der Waals surface area contributed by atoms with Crippen LogP contribution in [0.3, 0.4) is 0 Å². The first-order valence-corrected chi connectivity index (χ1v) is 8.19. The molecule has 0 saturated heterocycles. The summed E-state index contributed by atoms with van der Waals surface area (Å²) in [5.74, 6) is 0. The summed E-state index contributed by atoms with van der Waals surface area (Å²) in [6, 6.07) is 13.4. The van der Waals surface area contributed by atoms with Gasteiger partial charge in [0.15, 0.2) is 0 Å². The summed E-state index contributed by atoms with van der Waals surface area (Å²) in [4.78, 5) is 2.55. The number of hydrogen-bond acceptors (Lipinski definition) is 3. The van der Waals surface area contributed by atoms with E-state index < -0.39 is 0 Å². The SMILES string of the molecule is CC(N)(CN(Cc1ccsc1)C1CC1)c1ccccc1. The van der Waals surface area contributed by atoms with Crippen molar-refractivity contribution in [2.24, 2.45) is 5.73 Å². The number of nitrogens with two attached hydrogens (primary N) is 1. The Balaban J connectivity index is 1.72. The summed E-state index contributed by atoms with van der Waals surface area (Å²) >= 11 is 1.77. The third-order valence-electron chi connectivity index (χ3n) is 3.99. The molecule has 1 unspecified atom stereocenters. The Morgan fingerprint density at radius 1 is 1.25 bits per heavy atom. The Morgan fingerprint density at radius 3 is 2.60 bits per heavy atom. The lowest BCUT2D eigenvalue weighted by atomic mass is 9.92. The van der Waals surface area contributed by atoms with E-state index >= 15 is 0 Å². The Hall–Kier alpha value is -1.16. The van der Waals surface area contributed by atoms with Crippen molar-refractivity contribution in [3.8, 4) is 0 Å². The molecule has 1 heterocycles. The number of thiophene rings is 1. The molecule has 1 aliphatic rings. The Labute approximate surface area is 125 Å². The molecule has 2 N–H and O–H groups in total. The van der Waals surface area contributed by atoms with E-state index in [0.29, 0.717) is 0 Å². The lowest BCUT2D eigenvalue weighted by molar-refractivity contribution is 0.200. The van der Waals surface area contributed by atoms with Crippen molar-refractivity contribution >= 4 is 11.3 Å². The van der Waals surface area contributed by atoms with Crippen LogP contribution >= 0.6 is 11.3 Å². The minimum absolute atomic E-state index is 0.292. The van der Waals surface area contributed by atoms with Gasteiger partial charge in [-0.15, -0.1) is 0 Å². The standard InChI is InChI=1S/C17H22N2S/c1-17(18,15-5-3-2-4-6-15)13-19(16-7-8-16)11-14-9-10-20-12-14/h2-6,9-10,12,16H,7-8,11,13,18H2,1H3. The van der Waals surface area contributed by atoms with Crippen LogP contribution in [-0.2, 0) is 12.1 Å². The Bertz CT molecular complexity index is 529. The first-order valence-electron chi connectivity index (χ1n) is 7.25. The molecule has 1 aromatic carbocycles. The van der Waals surface area contributed by atoms with Gasteiger partial charge in [0, 0.05) is 19.1 Å². The summed E-state index contributed by atoms with van der Waals surface area (Å²) in [5.41, 5.74) is 8.93. The van der Waals surface area contributed by atoms with E-state index in [1.165, 1.54) is 24.0 Å². The molecular formula is C17H22N2S. The molecule has 0 radical (unpaired) electrons.